The number of imidazole rings is 1. The summed E-state index contributed by atoms with van der Waals surface area (Å²) in [6.07, 6.45) is -3.95. The Balaban J connectivity index is 1.70. The number of aromatic nitrogens is 4. The van der Waals surface area contributed by atoms with Crippen LogP contribution in [0.5, 0.6) is 11.5 Å². The molecule has 12 nitrogen and oxygen atoms in total. The molecular formula is C19H23N5O7. The van der Waals surface area contributed by atoms with Crippen LogP contribution in [0.15, 0.2) is 35.8 Å². The number of H-pyrrole nitrogens is 1. The molecule has 4 rings (SSSR count). The number of nitrogens with one attached hydrogen (secondary N) is 1. The number of benzene rings is 1. The lowest BCUT2D eigenvalue weighted by molar-refractivity contribution is -0.250. The number of aromatic hydroxyl groups is 1. The normalized spacial score (nSPS) is 27.0. The third-order valence-corrected chi connectivity index (χ3v) is 5.22. The molecule has 6 N–H and O–H groups in total. The fourth-order valence-corrected chi connectivity index (χ4v) is 3.48. The Morgan fingerprint density at radius 1 is 1.19 bits per heavy atom. The van der Waals surface area contributed by atoms with Gasteiger partial charge in [-0.05, 0) is 18.2 Å². The van der Waals surface area contributed by atoms with Gasteiger partial charge in [-0.3, -0.25) is 9.56 Å². The van der Waals surface area contributed by atoms with Crippen LogP contribution < -0.4 is 10.2 Å². The van der Waals surface area contributed by atoms with E-state index in [1.54, 1.807) is 12.1 Å². The van der Waals surface area contributed by atoms with Crippen molar-refractivity contribution in [2.24, 2.45) is 4.99 Å². The molecule has 31 heavy (non-hydrogen) atoms. The first-order valence-corrected chi connectivity index (χ1v) is 9.51. The molecule has 166 valence electrons. The number of aromatic amines is 1. The van der Waals surface area contributed by atoms with Gasteiger partial charge in [0.1, 0.15) is 47.8 Å². The van der Waals surface area contributed by atoms with Gasteiger partial charge in [-0.25, -0.2) is 9.97 Å². The minimum Gasteiger partial charge on any atom is -0.508 e. The number of rotatable bonds is 5. The van der Waals surface area contributed by atoms with Gasteiger partial charge in [-0.1, -0.05) is 0 Å². The average Bonchev–Trinajstić information content (AvgIpc) is 3.28. The fraction of sp³-hybridized carbons (Fsp3) is 0.421. The number of methoxy groups -OCH3 is 1. The number of phenolic OH excluding ortho intramolecular Hbond substituents is 1. The Morgan fingerprint density at radius 3 is 2.74 bits per heavy atom. The maximum absolute atomic E-state index is 10.4. The molecule has 0 amide bonds. The molecule has 0 bridgehead atoms. The zero-order valence-corrected chi connectivity index (χ0v) is 16.5. The molecule has 3 aromatic rings. The molecule has 1 aromatic carbocycles. The Labute approximate surface area is 175 Å². The van der Waals surface area contributed by atoms with Crippen LogP contribution >= 0.6 is 0 Å². The number of fused-ring (bicyclic) bond motifs is 1. The van der Waals surface area contributed by atoms with E-state index in [1.165, 1.54) is 30.4 Å². The minimum absolute atomic E-state index is 0.0673. The molecule has 5 atom stereocenters. The molecule has 2 aromatic heterocycles. The number of aliphatic hydroxyl groups excluding tert-OH is 4. The predicted molar refractivity (Wildman–Crippen MR) is 105 cm³/mol. The van der Waals surface area contributed by atoms with Crippen molar-refractivity contribution >= 4 is 11.2 Å². The smallest absolute Gasteiger partial charge is 0.177 e. The van der Waals surface area contributed by atoms with Crippen LogP contribution in [0.4, 0.5) is 0 Å². The summed E-state index contributed by atoms with van der Waals surface area (Å²) in [7, 11) is 1.53. The van der Waals surface area contributed by atoms with Crippen molar-refractivity contribution in [1.29, 1.82) is 0 Å². The molecule has 0 radical (unpaired) electrons. The number of nitrogens with zero attached hydrogens (tertiary/aromatic N) is 4. The van der Waals surface area contributed by atoms with Crippen molar-refractivity contribution in [2.45, 2.75) is 37.2 Å². The summed E-state index contributed by atoms with van der Waals surface area (Å²) in [5.74, 6) is 0.647. The lowest BCUT2D eigenvalue weighted by Gasteiger charge is -2.40. The highest BCUT2D eigenvalue weighted by molar-refractivity contribution is 5.68. The molecule has 1 aliphatic rings. The summed E-state index contributed by atoms with van der Waals surface area (Å²) in [6, 6.07) is 4.82. The van der Waals surface area contributed by atoms with Crippen LogP contribution in [0.25, 0.3) is 11.2 Å². The van der Waals surface area contributed by atoms with Gasteiger partial charge in [0.15, 0.2) is 17.4 Å². The van der Waals surface area contributed by atoms with Gasteiger partial charge in [-0.15, -0.1) is 0 Å². The standard InChI is InChI=1S/C19H23N5O7/c1-30-10-2-3-11(26)9(4-10)5-20-17-13-18(22-7-21-13)24(8-23-17)19-16(29)15(28)14(27)12(6-25)31-19/h2-4,7-8,12,14-16,19,25-29H,5-6H2,1H3,(H,21,22)/t12-,14-,15+,16-,19?/m1/s1. The van der Waals surface area contributed by atoms with E-state index in [4.69, 9.17) is 9.47 Å². The van der Waals surface area contributed by atoms with Gasteiger partial charge in [0, 0.05) is 5.56 Å². The van der Waals surface area contributed by atoms with Crippen LogP contribution in [0.3, 0.4) is 0 Å². The largest absolute Gasteiger partial charge is 0.508 e. The molecule has 3 heterocycles. The molecule has 1 unspecified atom stereocenters. The zero-order valence-electron chi connectivity index (χ0n) is 16.5. The lowest BCUT2D eigenvalue weighted by atomic mass is 9.98. The van der Waals surface area contributed by atoms with E-state index in [1.807, 2.05) is 0 Å². The summed E-state index contributed by atoms with van der Waals surface area (Å²) in [5.41, 5.74) is 1.60. The van der Waals surface area contributed by atoms with Crippen LogP contribution in [0.1, 0.15) is 11.8 Å². The van der Waals surface area contributed by atoms with E-state index in [0.29, 0.717) is 28.0 Å². The van der Waals surface area contributed by atoms with Crippen LogP contribution in [-0.4, -0.2) is 83.2 Å². The molecule has 0 aliphatic carbocycles. The molecular weight excluding hydrogens is 410 g/mol. The lowest BCUT2D eigenvalue weighted by Crippen LogP contribution is -2.56. The molecule has 12 heteroatoms. The van der Waals surface area contributed by atoms with Gasteiger partial charge < -0.3 is 40.0 Å². The second-order valence-electron chi connectivity index (χ2n) is 7.11. The highest BCUT2D eigenvalue weighted by Crippen LogP contribution is 2.29. The Kier molecular flexibility index (Phi) is 5.89. The Hall–Kier alpha value is -3.03. The molecule has 1 saturated heterocycles. The first kappa shape index (κ1) is 21.2. The number of hydrogen-bond acceptors (Lipinski definition) is 10. The van der Waals surface area contributed by atoms with Crippen molar-refractivity contribution < 1.29 is 35.0 Å². The fourth-order valence-electron chi connectivity index (χ4n) is 3.48. The number of hydrogen-bond donors (Lipinski definition) is 6. The highest BCUT2D eigenvalue weighted by Gasteiger charge is 2.44. The van der Waals surface area contributed by atoms with Crippen molar-refractivity contribution in [3.63, 3.8) is 0 Å². The van der Waals surface area contributed by atoms with E-state index in [-0.39, 0.29) is 12.3 Å². The van der Waals surface area contributed by atoms with E-state index in [9.17, 15) is 25.5 Å². The minimum atomic E-state index is -1.53. The maximum atomic E-state index is 10.4. The van der Waals surface area contributed by atoms with Crippen LogP contribution in [0.2, 0.25) is 0 Å². The molecule has 1 fully saturated rings. The quantitative estimate of drug-likeness (QED) is 0.281. The summed E-state index contributed by atoms with van der Waals surface area (Å²) in [6.45, 7) is -0.426. The first-order chi connectivity index (χ1) is 14.9. The summed E-state index contributed by atoms with van der Waals surface area (Å²) in [5, 5.41) is 49.9. The number of aliphatic hydroxyl groups is 4. The van der Waals surface area contributed by atoms with E-state index < -0.39 is 37.3 Å². The molecule has 0 saturated carbocycles. The third kappa shape index (κ3) is 3.86. The zero-order chi connectivity index (χ0) is 22.1. The van der Waals surface area contributed by atoms with Crippen molar-refractivity contribution in [3.8, 4) is 11.5 Å². The summed E-state index contributed by atoms with van der Waals surface area (Å²) >= 11 is 0. The van der Waals surface area contributed by atoms with Gasteiger partial charge >= 0.3 is 0 Å². The van der Waals surface area contributed by atoms with Crippen LogP contribution in [-0.2, 0) is 11.3 Å². The van der Waals surface area contributed by atoms with Crippen molar-refractivity contribution in [1.82, 2.24) is 19.5 Å². The third-order valence-electron chi connectivity index (χ3n) is 5.22. The van der Waals surface area contributed by atoms with Gasteiger partial charge in [-0.2, -0.15) is 0 Å². The molecule has 1 aliphatic heterocycles. The number of ether oxygens (including phenoxy) is 2. The average molecular weight is 433 g/mol. The van der Waals surface area contributed by atoms with Gasteiger partial charge in [0.2, 0.25) is 0 Å². The monoisotopic (exact) mass is 433 g/mol. The second-order valence-corrected chi connectivity index (χ2v) is 7.11. The predicted octanol–water partition coefficient (Wildman–Crippen LogP) is -1.45. The summed E-state index contributed by atoms with van der Waals surface area (Å²) in [4.78, 5) is 15.9. The van der Waals surface area contributed by atoms with Crippen molar-refractivity contribution in [3.05, 3.63) is 41.9 Å². The summed E-state index contributed by atoms with van der Waals surface area (Å²) < 4.78 is 12.1. The van der Waals surface area contributed by atoms with Gasteiger partial charge in [0.05, 0.1) is 26.6 Å². The highest BCUT2D eigenvalue weighted by atomic mass is 16.6. The van der Waals surface area contributed by atoms with E-state index in [0.717, 1.165) is 0 Å². The second kappa shape index (κ2) is 8.61. The van der Waals surface area contributed by atoms with E-state index >= 15 is 0 Å². The van der Waals surface area contributed by atoms with E-state index in [2.05, 4.69) is 19.9 Å². The Bertz CT molecular complexity index is 1130. The SMILES string of the molecule is COc1ccc(O)c(CN=c2ncn(C3O[C@H](CO)[C@@H](O)[C@H](O)[C@H]3O)c3nc[nH]c23)c1. The number of phenols is 1. The maximum Gasteiger partial charge on any atom is 0.177 e. The van der Waals surface area contributed by atoms with Crippen LogP contribution in [0, 0.1) is 0 Å². The van der Waals surface area contributed by atoms with Gasteiger partial charge in [0.25, 0.3) is 0 Å². The Morgan fingerprint density at radius 2 is 2.00 bits per heavy atom. The van der Waals surface area contributed by atoms with Crippen molar-refractivity contribution in [2.75, 3.05) is 13.7 Å². The topological polar surface area (TPSA) is 178 Å². The first-order valence-electron chi connectivity index (χ1n) is 9.51. The molecule has 0 spiro atoms.